The Kier molecular flexibility index (Phi) is 3.53. The lowest BCUT2D eigenvalue weighted by Gasteiger charge is -2.31. The van der Waals surface area contributed by atoms with Gasteiger partial charge in [0.15, 0.2) is 0 Å². The monoisotopic (exact) mass is 171 g/mol. The van der Waals surface area contributed by atoms with Crippen LogP contribution in [0.1, 0.15) is 27.7 Å². The second kappa shape index (κ2) is 4.24. The summed E-state index contributed by atoms with van der Waals surface area (Å²) in [6.45, 7) is 12.0. The van der Waals surface area contributed by atoms with Gasteiger partial charge in [-0.1, -0.05) is 6.92 Å². The maximum atomic E-state index is 5.56. The Morgan fingerprint density at radius 1 is 1.25 bits per heavy atom. The third-order valence-electron chi connectivity index (χ3n) is 2.51. The molecule has 0 saturated carbocycles. The molecule has 12 heavy (non-hydrogen) atoms. The van der Waals surface area contributed by atoms with E-state index >= 15 is 0 Å². The summed E-state index contributed by atoms with van der Waals surface area (Å²) >= 11 is 0. The number of rotatable bonds is 1. The van der Waals surface area contributed by atoms with Gasteiger partial charge in [-0.15, -0.1) is 0 Å². The van der Waals surface area contributed by atoms with Crippen molar-refractivity contribution >= 4 is 0 Å². The molecule has 1 aliphatic heterocycles. The molecular weight excluding hydrogens is 150 g/mol. The molecule has 0 aliphatic carbocycles. The first-order valence-electron chi connectivity index (χ1n) is 4.94. The lowest BCUT2D eigenvalue weighted by atomic mass is 10.1. The molecule has 1 saturated heterocycles. The van der Waals surface area contributed by atoms with Crippen LogP contribution in [0.2, 0.25) is 0 Å². The van der Waals surface area contributed by atoms with E-state index in [4.69, 9.17) is 4.74 Å². The minimum Gasteiger partial charge on any atom is -0.380 e. The summed E-state index contributed by atoms with van der Waals surface area (Å²) in [6.07, 6.45) is 0. The first-order chi connectivity index (χ1) is 5.61. The summed E-state index contributed by atoms with van der Waals surface area (Å²) in [4.78, 5) is 2.53. The van der Waals surface area contributed by atoms with Crippen molar-refractivity contribution in [1.29, 1.82) is 0 Å². The van der Waals surface area contributed by atoms with Gasteiger partial charge in [-0.05, 0) is 26.7 Å². The van der Waals surface area contributed by atoms with Gasteiger partial charge in [0.25, 0.3) is 0 Å². The fourth-order valence-electron chi connectivity index (χ4n) is 1.85. The summed E-state index contributed by atoms with van der Waals surface area (Å²) < 4.78 is 5.56. The molecule has 1 fully saturated rings. The van der Waals surface area contributed by atoms with Crippen molar-refractivity contribution in [3.63, 3.8) is 0 Å². The molecule has 2 nitrogen and oxygen atoms in total. The molecule has 0 spiro atoms. The fourth-order valence-corrected chi connectivity index (χ4v) is 1.85. The smallest absolute Gasteiger partial charge is 0.0619 e. The highest BCUT2D eigenvalue weighted by molar-refractivity contribution is 4.75. The van der Waals surface area contributed by atoms with Gasteiger partial charge in [0.2, 0.25) is 0 Å². The average molecular weight is 171 g/mol. The van der Waals surface area contributed by atoms with E-state index < -0.39 is 0 Å². The Balaban J connectivity index is 2.54. The lowest BCUT2D eigenvalue weighted by molar-refractivity contribution is 0.0932. The zero-order valence-electron chi connectivity index (χ0n) is 8.71. The molecule has 0 amide bonds. The van der Waals surface area contributed by atoms with Gasteiger partial charge in [-0.25, -0.2) is 0 Å². The van der Waals surface area contributed by atoms with E-state index in [2.05, 4.69) is 32.6 Å². The highest BCUT2D eigenvalue weighted by Gasteiger charge is 2.22. The molecule has 72 valence electrons. The van der Waals surface area contributed by atoms with Gasteiger partial charge >= 0.3 is 0 Å². The minimum atomic E-state index is 0.579. The Bertz CT molecular complexity index is 136. The average Bonchev–Trinajstić information content (AvgIpc) is 2.13. The summed E-state index contributed by atoms with van der Waals surface area (Å²) in [5.41, 5.74) is 0. The molecular formula is C10H21NO. The number of nitrogens with zero attached hydrogens (tertiary/aromatic N) is 1. The second-order valence-corrected chi connectivity index (χ2v) is 4.28. The van der Waals surface area contributed by atoms with Crippen LogP contribution < -0.4 is 0 Å². The third-order valence-corrected chi connectivity index (χ3v) is 2.51. The van der Waals surface area contributed by atoms with Crippen LogP contribution in [-0.4, -0.2) is 36.7 Å². The van der Waals surface area contributed by atoms with Gasteiger partial charge in [0, 0.05) is 18.6 Å². The minimum absolute atomic E-state index is 0.579. The summed E-state index contributed by atoms with van der Waals surface area (Å²) in [5, 5.41) is 0. The summed E-state index contributed by atoms with van der Waals surface area (Å²) in [5.74, 6) is 0.678. The van der Waals surface area contributed by atoms with Crippen molar-refractivity contribution in [2.24, 2.45) is 5.92 Å². The van der Waals surface area contributed by atoms with E-state index in [0.29, 0.717) is 18.0 Å². The van der Waals surface area contributed by atoms with Crippen molar-refractivity contribution < 1.29 is 4.74 Å². The zero-order chi connectivity index (χ0) is 9.14. The van der Waals surface area contributed by atoms with Crippen LogP contribution in [0.4, 0.5) is 0 Å². The third kappa shape index (κ3) is 2.46. The molecule has 2 heteroatoms. The Morgan fingerprint density at radius 3 is 2.50 bits per heavy atom. The topological polar surface area (TPSA) is 12.5 Å². The van der Waals surface area contributed by atoms with Crippen LogP contribution in [0, 0.1) is 5.92 Å². The van der Waals surface area contributed by atoms with Gasteiger partial charge in [-0.3, -0.25) is 4.90 Å². The first-order valence-corrected chi connectivity index (χ1v) is 4.94. The van der Waals surface area contributed by atoms with Crippen LogP contribution in [0.25, 0.3) is 0 Å². The molecule has 0 N–H and O–H groups in total. The molecule has 1 aliphatic rings. The Hall–Kier alpha value is -0.0800. The van der Waals surface area contributed by atoms with E-state index in [1.165, 1.54) is 6.54 Å². The predicted molar refractivity (Wildman–Crippen MR) is 51.3 cm³/mol. The molecule has 1 heterocycles. The van der Waals surface area contributed by atoms with Crippen LogP contribution in [0.5, 0.6) is 0 Å². The molecule has 1 rings (SSSR count). The predicted octanol–water partition coefficient (Wildman–Crippen LogP) is 1.75. The molecule has 2 unspecified atom stereocenters. The highest BCUT2D eigenvalue weighted by atomic mass is 16.5. The van der Waals surface area contributed by atoms with E-state index in [-0.39, 0.29) is 0 Å². The number of hydrogen-bond donors (Lipinski definition) is 0. The fraction of sp³-hybridized carbons (Fsp3) is 1.00. The lowest BCUT2D eigenvalue weighted by Crippen LogP contribution is -2.41. The highest BCUT2D eigenvalue weighted by Crippen LogP contribution is 2.14. The SMILES string of the molecule is CC1COCC(C)N(C(C)C)C1. The molecule has 0 aromatic carbocycles. The molecule has 0 aromatic rings. The van der Waals surface area contributed by atoms with Crippen molar-refractivity contribution in [1.82, 2.24) is 4.90 Å². The largest absolute Gasteiger partial charge is 0.380 e. The molecule has 0 aromatic heterocycles. The summed E-state index contributed by atoms with van der Waals surface area (Å²) in [6, 6.07) is 1.22. The van der Waals surface area contributed by atoms with Crippen molar-refractivity contribution in [3.05, 3.63) is 0 Å². The van der Waals surface area contributed by atoms with Crippen molar-refractivity contribution in [2.75, 3.05) is 19.8 Å². The van der Waals surface area contributed by atoms with Gasteiger partial charge < -0.3 is 4.74 Å². The summed E-state index contributed by atoms with van der Waals surface area (Å²) in [7, 11) is 0. The quantitative estimate of drug-likeness (QED) is 0.596. The van der Waals surface area contributed by atoms with E-state index in [9.17, 15) is 0 Å². The van der Waals surface area contributed by atoms with Crippen molar-refractivity contribution in [2.45, 2.75) is 39.8 Å². The number of hydrogen-bond acceptors (Lipinski definition) is 2. The van der Waals surface area contributed by atoms with Crippen LogP contribution in [0.3, 0.4) is 0 Å². The first kappa shape index (κ1) is 10.0. The zero-order valence-corrected chi connectivity index (χ0v) is 8.71. The van der Waals surface area contributed by atoms with Crippen LogP contribution in [-0.2, 0) is 4.74 Å². The molecule has 2 atom stereocenters. The van der Waals surface area contributed by atoms with E-state index in [1.807, 2.05) is 0 Å². The van der Waals surface area contributed by atoms with Crippen LogP contribution in [0.15, 0.2) is 0 Å². The normalized spacial score (nSPS) is 33.8. The maximum Gasteiger partial charge on any atom is 0.0619 e. The standard InChI is InChI=1S/C10H21NO/c1-8(2)11-5-9(3)6-12-7-10(11)4/h8-10H,5-7H2,1-4H3. The Labute approximate surface area is 75.9 Å². The second-order valence-electron chi connectivity index (χ2n) is 4.28. The van der Waals surface area contributed by atoms with Crippen LogP contribution >= 0.6 is 0 Å². The van der Waals surface area contributed by atoms with E-state index in [0.717, 1.165) is 13.2 Å². The van der Waals surface area contributed by atoms with Gasteiger partial charge in [0.05, 0.1) is 13.2 Å². The molecule has 0 bridgehead atoms. The van der Waals surface area contributed by atoms with Gasteiger partial charge in [0.1, 0.15) is 0 Å². The maximum absolute atomic E-state index is 5.56. The van der Waals surface area contributed by atoms with E-state index in [1.54, 1.807) is 0 Å². The molecule has 0 radical (unpaired) electrons. The Morgan fingerprint density at radius 2 is 1.92 bits per heavy atom. The number of ether oxygens (including phenoxy) is 1. The van der Waals surface area contributed by atoms with Gasteiger partial charge in [-0.2, -0.15) is 0 Å². The van der Waals surface area contributed by atoms with Crippen molar-refractivity contribution in [3.8, 4) is 0 Å².